The van der Waals surface area contributed by atoms with Gasteiger partial charge in [-0.05, 0) is 18.6 Å². The van der Waals surface area contributed by atoms with Crippen molar-refractivity contribution in [2.75, 3.05) is 7.11 Å². The molecule has 2 rings (SSSR count). The summed E-state index contributed by atoms with van der Waals surface area (Å²) in [5.74, 6) is 0. The first kappa shape index (κ1) is 14.6. The molecule has 0 spiro atoms. The van der Waals surface area contributed by atoms with Crippen molar-refractivity contribution in [1.29, 1.82) is 0 Å². The molecule has 0 aliphatic carbocycles. The lowest BCUT2D eigenvalue weighted by Crippen LogP contribution is -2.28. The first-order chi connectivity index (χ1) is 8.35. The Morgan fingerprint density at radius 2 is 1.78 bits per heavy atom. The van der Waals surface area contributed by atoms with Gasteiger partial charge in [0.25, 0.3) is 0 Å². The highest BCUT2D eigenvalue weighted by Crippen LogP contribution is 2.12. The lowest BCUT2D eigenvalue weighted by molar-refractivity contribution is -0.644. The number of hydrogen-bond donors (Lipinski definition) is 1. The SMILES string of the molecule is COS(=O)(=O)O.Cc1cc[n+](C)c2ccccc12. The fourth-order valence-corrected chi connectivity index (χ4v) is 1.51. The number of aryl methyl sites for hydroxylation is 2. The summed E-state index contributed by atoms with van der Waals surface area (Å²) in [6, 6.07) is 10.6. The number of benzene rings is 1. The third kappa shape index (κ3) is 4.06. The summed E-state index contributed by atoms with van der Waals surface area (Å²) in [7, 11) is -1.22. The van der Waals surface area contributed by atoms with Crippen molar-refractivity contribution in [3.8, 4) is 0 Å². The molecule has 1 aromatic heterocycles. The molecule has 0 amide bonds. The molecule has 0 atom stereocenters. The average molecular weight is 270 g/mol. The molecule has 0 saturated heterocycles. The van der Waals surface area contributed by atoms with E-state index in [-0.39, 0.29) is 0 Å². The predicted molar refractivity (Wildman–Crippen MR) is 68.4 cm³/mol. The Morgan fingerprint density at radius 1 is 1.22 bits per heavy atom. The number of pyridine rings is 1. The molecule has 0 aliphatic rings. The van der Waals surface area contributed by atoms with Crippen molar-refractivity contribution < 1.29 is 21.7 Å². The van der Waals surface area contributed by atoms with E-state index in [4.69, 9.17) is 4.55 Å². The van der Waals surface area contributed by atoms with Crippen LogP contribution in [0.2, 0.25) is 0 Å². The van der Waals surface area contributed by atoms with Crippen LogP contribution in [0.3, 0.4) is 0 Å². The Kier molecular flexibility index (Phi) is 4.77. The molecule has 0 unspecified atom stereocenters. The lowest BCUT2D eigenvalue weighted by Gasteiger charge is -1.98. The van der Waals surface area contributed by atoms with Crippen LogP contribution < -0.4 is 4.57 Å². The number of nitrogens with zero attached hydrogens (tertiary/aromatic N) is 1. The minimum absolute atomic E-state index is 0.870. The highest BCUT2D eigenvalue weighted by Gasteiger charge is 2.04. The number of rotatable bonds is 1. The summed E-state index contributed by atoms with van der Waals surface area (Å²) in [6.07, 6.45) is 2.09. The maximum atomic E-state index is 9.33. The minimum atomic E-state index is -4.16. The van der Waals surface area contributed by atoms with Gasteiger partial charge in [-0.15, -0.1) is 0 Å². The first-order valence-electron chi connectivity index (χ1n) is 5.22. The smallest absolute Gasteiger partial charge is 0.264 e. The molecule has 0 saturated carbocycles. The Morgan fingerprint density at radius 3 is 2.28 bits per heavy atom. The van der Waals surface area contributed by atoms with E-state index in [0.29, 0.717) is 0 Å². The van der Waals surface area contributed by atoms with Gasteiger partial charge >= 0.3 is 10.4 Å². The highest BCUT2D eigenvalue weighted by atomic mass is 32.3. The van der Waals surface area contributed by atoms with Gasteiger partial charge in [-0.1, -0.05) is 12.1 Å². The zero-order valence-corrected chi connectivity index (χ0v) is 11.3. The Bertz CT molecular complexity index is 597. The van der Waals surface area contributed by atoms with Crippen molar-refractivity contribution in [3.63, 3.8) is 0 Å². The lowest BCUT2D eigenvalue weighted by atomic mass is 10.1. The zero-order chi connectivity index (χ0) is 13.8. The van der Waals surface area contributed by atoms with Gasteiger partial charge in [0.1, 0.15) is 7.05 Å². The molecule has 0 fully saturated rings. The Hall–Kier alpha value is -1.50. The van der Waals surface area contributed by atoms with E-state index in [0.717, 1.165) is 7.11 Å². The van der Waals surface area contributed by atoms with E-state index in [2.05, 4.69) is 59.3 Å². The van der Waals surface area contributed by atoms with Crippen LogP contribution in [0.5, 0.6) is 0 Å². The predicted octanol–water partition coefficient (Wildman–Crippen LogP) is 1.41. The second kappa shape index (κ2) is 5.90. The quantitative estimate of drug-likeness (QED) is 0.628. The van der Waals surface area contributed by atoms with Gasteiger partial charge in [0, 0.05) is 17.5 Å². The van der Waals surface area contributed by atoms with Crippen molar-refractivity contribution in [2.24, 2.45) is 7.05 Å². The molecule has 0 aliphatic heterocycles. The molecule has 18 heavy (non-hydrogen) atoms. The molecule has 1 aromatic carbocycles. The van der Waals surface area contributed by atoms with Gasteiger partial charge < -0.3 is 0 Å². The Labute approximate surface area is 107 Å². The highest BCUT2D eigenvalue weighted by molar-refractivity contribution is 7.80. The van der Waals surface area contributed by atoms with Crippen LogP contribution in [0.25, 0.3) is 10.9 Å². The summed E-state index contributed by atoms with van der Waals surface area (Å²) >= 11 is 0. The van der Waals surface area contributed by atoms with Crippen molar-refractivity contribution in [3.05, 3.63) is 42.1 Å². The van der Waals surface area contributed by atoms with E-state index in [1.807, 2.05) is 0 Å². The van der Waals surface area contributed by atoms with Crippen LogP contribution >= 0.6 is 0 Å². The third-order valence-corrected chi connectivity index (χ3v) is 2.89. The van der Waals surface area contributed by atoms with Gasteiger partial charge in [-0.2, -0.15) is 8.42 Å². The molecule has 2 aromatic rings. The van der Waals surface area contributed by atoms with Crippen LogP contribution in [0.4, 0.5) is 0 Å². The van der Waals surface area contributed by atoms with Crippen LogP contribution in [0, 0.1) is 6.92 Å². The van der Waals surface area contributed by atoms with E-state index < -0.39 is 10.4 Å². The fraction of sp³-hybridized carbons (Fsp3) is 0.250. The zero-order valence-electron chi connectivity index (χ0n) is 10.5. The van der Waals surface area contributed by atoms with Crippen molar-refractivity contribution in [2.45, 2.75) is 6.92 Å². The topological polar surface area (TPSA) is 67.5 Å². The largest absolute Gasteiger partial charge is 0.397 e. The molecule has 5 nitrogen and oxygen atoms in total. The number of aromatic nitrogens is 1. The summed E-state index contributed by atoms with van der Waals surface area (Å²) in [6.45, 7) is 2.14. The molecule has 1 N–H and O–H groups in total. The van der Waals surface area contributed by atoms with Gasteiger partial charge in [0.15, 0.2) is 6.20 Å². The fourth-order valence-electron chi connectivity index (χ4n) is 1.51. The van der Waals surface area contributed by atoms with Crippen LogP contribution in [0.15, 0.2) is 36.5 Å². The summed E-state index contributed by atoms with van der Waals surface area (Å²) in [5.41, 5.74) is 2.63. The number of fused-ring (bicyclic) bond motifs is 1. The molecule has 0 radical (unpaired) electrons. The summed E-state index contributed by atoms with van der Waals surface area (Å²) in [5, 5.41) is 1.34. The normalized spacial score (nSPS) is 10.9. The van der Waals surface area contributed by atoms with Gasteiger partial charge in [-0.3, -0.25) is 8.74 Å². The number of hydrogen-bond acceptors (Lipinski definition) is 3. The summed E-state index contributed by atoms with van der Waals surface area (Å²) in [4.78, 5) is 0. The summed E-state index contributed by atoms with van der Waals surface area (Å²) < 4.78 is 31.8. The molecule has 98 valence electrons. The van der Waals surface area contributed by atoms with Crippen LogP contribution in [0.1, 0.15) is 5.56 Å². The van der Waals surface area contributed by atoms with Crippen LogP contribution in [-0.2, 0) is 21.6 Å². The van der Waals surface area contributed by atoms with Crippen molar-refractivity contribution >= 4 is 21.3 Å². The van der Waals surface area contributed by atoms with E-state index in [1.54, 1.807) is 0 Å². The van der Waals surface area contributed by atoms with Gasteiger partial charge in [0.05, 0.1) is 7.11 Å². The maximum absolute atomic E-state index is 9.33. The standard InChI is InChI=1S/C11H12N.CH4O4S/c1-9-7-8-12(2)11-6-4-3-5-10(9)11;1-5-6(2,3)4/h3-8H,1-2H3;1H3,(H,2,3,4)/q+1;. The first-order valence-corrected chi connectivity index (χ1v) is 6.58. The minimum Gasteiger partial charge on any atom is -0.264 e. The second-order valence-electron chi connectivity index (χ2n) is 3.72. The van der Waals surface area contributed by atoms with Crippen LogP contribution in [-0.4, -0.2) is 20.1 Å². The number of para-hydroxylation sites is 1. The van der Waals surface area contributed by atoms with E-state index in [9.17, 15) is 8.42 Å². The Balaban J connectivity index is 0.000000232. The monoisotopic (exact) mass is 270 g/mol. The van der Waals surface area contributed by atoms with Crippen molar-refractivity contribution in [1.82, 2.24) is 0 Å². The molecular formula is C12H16NO4S+. The van der Waals surface area contributed by atoms with Gasteiger partial charge in [0.2, 0.25) is 5.52 Å². The van der Waals surface area contributed by atoms with E-state index >= 15 is 0 Å². The van der Waals surface area contributed by atoms with Gasteiger partial charge in [-0.25, -0.2) is 4.57 Å². The average Bonchev–Trinajstić information content (AvgIpc) is 2.34. The molecular weight excluding hydrogens is 254 g/mol. The second-order valence-corrected chi connectivity index (χ2v) is 4.91. The molecule has 6 heteroatoms. The van der Waals surface area contributed by atoms with E-state index in [1.165, 1.54) is 16.5 Å². The maximum Gasteiger partial charge on any atom is 0.397 e. The third-order valence-electron chi connectivity index (χ3n) is 2.47. The molecule has 0 bridgehead atoms. The molecule has 1 heterocycles.